The average Bonchev–Trinajstić information content (AvgIpc) is 2.74. The maximum Gasteiger partial charge on any atom is 0.263 e. The molecule has 1 amide bonds. The molecule has 0 saturated carbocycles. The fraction of sp³-hybridized carbons (Fsp3) is 0.545. The van der Waals surface area contributed by atoms with E-state index in [1.54, 1.807) is 23.4 Å². The Hall–Kier alpha value is -2.74. The molecule has 5 rings (SSSR count). The smallest absolute Gasteiger partial charge is 0.263 e. The topological polar surface area (TPSA) is 80.6 Å². The highest BCUT2D eigenvalue weighted by molar-refractivity contribution is 5.94. The molecule has 0 aliphatic carbocycles. The summed E-state index contributed by atoms with van der Waals surface area (Å²) < 4.78 is 7.56. The Morgan fingerprint density at radius 2 is 1.77 bits per heavy atom. The lowest BCUT2D eigenvalue weighted by Gasteiger charge is -2.43. The maximum absolute atomic E-state index is 13.3. The minimum Gasteiger partial charge on any atom is -0.372 e. The number of ether oxygens (including phenoxy) is 1. The molecule has 2 aromatic heterocycles. The molecule has 4 atom stereocenters. The summed E-state index contributed by atoms with van der Waals surface area (Å²) in [4.78, 5) is 39.1. The van der Waals surface area contributed by atoms with Gasteiger partial charge in [0.1, 0.15) is 5.56 Å². The normalized spacial score (nSPS) is 28.2. The number of amides is 1. The monoisotopic (exact) mass is 409 g/mol. The molecule has 0 radical (unpaired) electrons. The van der Waals surface area contributed by atoms with Crippen molar-refractivity contribution in [1.82, 2.24) is 19.4 Å². The third-order valence-electron chi connectivity index (χ3n) is 6.38. The van der Waals surface area contributed by atoms with E-state index in [1.807, 2.05) is 30.5 Å². The highest BCUT2D eigenvalue weighted by Gasteiger charge is 2.37. The second-order valence-electron chi connectivity index (χ2n) is 8.81. The number of anilines is 1. The van der Waals surface area contributed by atoms with Crippen molar-refractivity contribution < 1.29 is 9.53 Å². The third-order valence-corrected chi connectivity index (χ3v) is 6.38. The zero-order chi connectivity index (χ0) is 20.8. The van der Waals surface area contributed by atoms with Gasteiger partial charge in [0.25, 0.3) is 11.5 Å². The minimum absolute atomic E-state index is 0.0244. The van der Waals surface area contributed by atoms with Gasteiger partial charge in [0.2, 0.25) is 5.95 Å². The third kappa shape index (κ3) is 3.39. The van der Waals surface area contributed by atoms with Crippen molar-refractivity contribution in [3.8, 4) is 0 Å². The van der Waals surface area contributed by atoms with E-state index in [-0.39, 0.29) is 35.2 Å². The summed E-state index contributed by atoms with van der Waals surface area (Å²) in [5, 5.41) is 0. The first-order valence-electron chi connectivity index (χ1n) is 10.7. The van der Waals surface area contributed by atoms with Gasteiger partial charge in [-0.2, -0.15) is 0 Å². The SMILES string of the molecule is C[C@@H]1CN(C(=O)c2ccc3n(c2=O)C[C@H]2C[C@@H]3CN(c3ncccn3)C2)C[C@H](C)O1. The van der Waals surface area contributed by atoms with Gasteiger partial charge < -0.3 is 19.1 Å². The fourth-order valence-electron chi connectivity index (χ4n) is 5.24. The van der Waals surface area contributed by atoms with Crippen LogP contribution in [0.5, 0.6) is 0 Å². The Morgan fingerprint density at radius 1 is 1.03 bits per heavy atom. The van der Waals surface area contributed by atoms with Crippen LogP contribution in [0.3, 0.4) is 0 Å². The van der Waals surface area contributed by atoms with Crippen LogP contribution >= 0.6 is 0 Å². The van der Waals surface area contributed by atoms with Crippen LogP contribution in [0.15, 0.2) is 35.4 Å². The van der Waals surface area contributed by atoms with Crippen LogP contribution in [0, 0.1) is 5.92 Å². The van der Waals surface area contributed by atoms with Crippen molar-refractivity contribution in [3.63, 3.8) is 0 Å². The van der Waals surface area contributed by atoms with Crippen molar-refractivity contribution in [1.29, 1.82) is 0 Å². The number of pyridine rings is 1. The zero-order valence-electron chi connectivity index (χ0n) is 17.4. The molecule has 2 fully saturated rings. The first-order valence-corrected chi connectivity index (χ1v) is 10.7. The van der Waals surface area contributed by atoms with E-state index >= 15 is 0 Å². The van der Waals surface area contributed by atoms with Gasteiger partial charge in [0.05, 0.1) is 12.2 Å². The Bertz CT molecular complexity index is 998. The Labute approximate surface area is 175 Å². The molecule has 2 aromatic rings. The van der Waals surface area contributed by atoms with Crippen LogP contribution in [-0.2, 0) is 11.3 Å². The van der Waals surface area contributed by atoms with Crippen molar-refractivity contribution in [2.45, 2.75) is 44.9 Å². The molecule has 0 spiro atoms. The summed E-state index contributed by atoms with van der Waals surface area (Å²) in [6, 6.07) is 5.51. The van der Waals surface area contributed by atoms with Crippen LogP contribution in [0.1, 0.15) is 42.2 Å². The number of morpholine rings is 1. The summed E-state index contributed by atoms with van der Waals surface area (Å²) in [6.07, 6.45) is 4.52. The second-order valence-corrected chi connectivity index (χ2v) is 8.81. The van der Waals surface area contributed by atoms with Gasteiger partial charge in [0, 0.05) is 56.7 Å². The Morgan fingerprint density at radius 3 is 2.50 bits per heavy atom. The standard InChI is InChI=1S/C22H27N5O3/c1-14-9-25(10-15(2)30-14)20(28)18-4-5-19-17-8-16(12-27(19)21(18)29)11-26(13-17)22-23-6-3-7-24-22/h3-7,14-17H,8-13H2,1-2H3/t14-,15+,16-,17+/m0/s1. The van der Waals surface area contributed by atoms with Crippen molar-refractivity contribution >= 4 is 11.9 Å². The van der Waals surface area contributed by atoms with Gasteiger partial charge in [-0.1, -0.05) is 0 Å². The van der Waals surface area contributed by atoms with Crippen LogP contribution < -0.4 is 10.5 Å². The molecule has 158 valence electrons. The van der Waals surface area contributed by atoms with Crippen LogP contribution in [0.2, 0.25) is 0 Å². The van der Waals surface area contributed by atoms with E-state index in [9.17, 15) is 9.59 Å². The summed E-state index contributed by atoms with van der Waals surface area (Å²) >= 11 is 0. The average molecular weight is 409 g/mol. The summed E-state index contributed by atoms with van der Waals surface area (Å²) in [6.45, 7) is 7.18. The number of aromatic nitrogens is 3. The zero-order valence-corrected chi connectivity index (χ0v) is 17.4. The van der Waals surface area contributed by atoms with Crippen molar-refractivity contribution in [2.24, 2.45) is 5.92 Å². The van der Waals surface area contributed by atoms with Gasteiger partial charge >= 0.3 is 0 Å². The van der Waals surface area contributed by atoms with Gasteiger partial charge in [-0.05, 0) is 44.4 Å². The highest BCUT2D eigenvalue weighted by atomic mass is 16.5. The molecule has 2 bridgehead atoms. The predicted molar refractivity (Wildman–Crippen MR) is 112 cm³/mol. The van der Waals surface area contributed by atoms with E-state index < -0.39 is 0 Å². The molecular weight excluding hydrogens is 382 g/mol. The largest absolute Gasteiger partial charge is 0.372 e. The van der Waals surface area contributed by atoms with E-state index in [4.69, 9.17) is 4.74 Å². The van der Waals surface area contributed by atoms with Crippen LogP contribution in [0.4, 0.5) is 5.95 Å². The lowest BCUT2D eigenvalue weighted by atomic mass is 9.83. The molecule has 8 heteroatoms. The summed E-state index contributed by atoms with van der Waals surface area (Å²) in [5.41, 5.74) is 1.11. The lowest BCUT2D eigenvalue weighted by Crippen LogP contribution is -2.51. The van der Waals surface area contributed by atoms with Crippen molar-refractivity contribution in [2.75, 3.05) is 31.1 Å². The van der Waals surface area contributed by atoms with Gasteiger partial charge in [-0.15, -0.1) is 0 Å². The van der Waals surface area contributed by atoms with Gasteiger partial charge in [-0.25, -0.2) is 9.97 Å². The number of carbonyl (C=O) groups is 1. The molecule has 30 heavy (non-hydrogen) atoms. The van der Waals surface area contributed by atoms with E-state index in [0.717, 1.165) is 31.2 Å². The number of rotatable bonds is 2. The minimum atomic E-state index is -0.188. The molecule has 0 unspecified atom stereocenters. The second kappa shape index (κ2) is 7.50. The first-order chi connectivity index (χ1) is 14.5. The molecule has 0 N–H and O–H groups in total. The predicted octanol–water partition coefficient (Wildman–Crippen LogP) is 1.51. The molecule has 3 aliphatic rings. The van der Waals surface area contributed by atoms with E-state index in [0.29, 0.717) is 25.6 Å². The molecule has 5 heterocycles. The molecular formula is C22H27N5O3. The van der Waals surface area contributed by atoms with Crippen LogP contribution in [-0.4, -0.2) is 63.7 Å². The van der Waals surface area contributed by atoms with E-state index in [2.05, 4.69) is 14.9 Å². The van der Waals surface area contributed by atoms with Gasteiger partial charge in [0.15, 0.2) is 0 Å². The number of carbonyl (C=O) groups excluding carboxylic acids is 1. The molecule has 0 aromatic carbocycles. The summed E-state index contributed by atoms with van der Waals surface area (Å²) in [5.74, 6) is 1.13. The fourth-order valence-corrected chi connectivity index (χ4v) is 5.24. The number of hydrogen-bond acceptors (Lipinski definition) is 6. The number of hydrogen-bond donors (Lipinski definition) is 0. The lowest BCUT2D eigenvalue weighted by molar-refractivity contribution is -0.0586. The number of piperidine rings is 1. The Balaban J connectivity index is 1.42. The van der Waals surface area contributed by atoms with E-state index in [1.165, 1.54) is 0 Å². The molecule has 2 saturated heterocycles. The maximum atomic E-state index is 13.3. The number of nitrogens with zero attached hydrogens (tertiary/aromatic N) is 5. The highest BCUT2D eigenvalue weighted by Crippen LogP contribution is 2.36. The Kier molecular flexibility index (Phi) is 4.81. The number of fused-ring (bicyclic) bond motifs is 4. The summed E-state index contributed by atoms with van der Waals surface area (Å²) in [7, 11) is 0. The molecule has 3 aliphatic heterocycles. The van der Waals surface area contributed by atoms with Gasteiger partial charge in [-0.3, -0.25) is 9.59 Å². The molecule has 8 nitrogen and oxygen atoms in total. The first kappa shape index (κ1) is 19.2. The van der Waals surface area contributed by atoms with Crippen LogP contribution in [0.25, 0.3) is 0 Å². The van der Waals surface area contributed by atoms with Crippen molar-refractivity contribution in [3.05, 3.63) is 52.2 Å². The quantitative estimate of drug-likeness (QED) is 0.748.